The lowest BCUT2D eigenvalue weighted by atomic mass is 10.1. The number of carbonyl (C=O) groups is 1. The quantitative estimate of drug-likeness (QED) is 0.872. The Bertz CT molecular complexity index is 659. The first-order valence-corrected chi connectivity index (χ1v) is 7.71. The third-order valence-corrected chi connectivity index (χ3v) is 4.23. The van der Waals surface area contributed by atoms with Crippen LogP contribution in [-0.4, -0.2) is 33.7 Å². The van der Waals surface area contributed by atoms with Crippen LogP contribution >= 0.6 is 11.6 Å². The third kappa shape index (κ3) is 2.56. The Morgan fingerprint density at radius 3 is 2.67 bits per heavy atom. The number of rotatable bonds is 3. The number of benzene rings is 1. The summed E-state index contributed by atoms with van der Waals surface area (Å²) in [6.45, 7) is 3.73. The summed E-state index contributed by atoms with van der Waals surface area (Å²) in [5.74, 6) is 0.0858. The van der Waals surface area contributed by atoms with E-state index < -0.39 is 0 Å². The van der Waals surface area contributed by atoms with E-state index in [-0.39, 0.29) is 5.91 Å². The van der Waals surface area contributed by atoms with Crippen molar-refractivity contribution in [1.82, 2.24) is 14.7 Å². The Hall–Kier alpha value is -1.81. The number of halogens is 1. The molecular formula is C16H18ClN3O. The molecule has 1 saturated heterocycles. The summed E-state index contributed by atoms with van der Waals surface area (Å²) in [6.07, 6.45) is 4.58. The summed E-state index contributed by atoms with van der Waals surface area (Å²) in [5, 5.41) is 5.03. The smallest absolute Gasteiger partial charge is 0.257 e. The van der Waals surface area contributed by atoms with Crippen molar-refractivity contribution >= 4 is 17.5 Å². The summed E-state index contributed by atoms with van der Waals surface area (Å²) in [4.78, 5) is 14.5. The first-order valence-electron chi connectivity index (χ1n) is 7.33. The second kappa shape index (κ2) is 5.90. The normalized spacial score (nSPS) is 14.7. The molecule has 1 aromatic heterocycles. The van der Waals surface area contributed by atoms with Gasteiger partial charge in [-0.15, -0.1) is 0 Å². The molecule has 1 amide bonds. The summed E-state index contributed by atoms with van der Waals surface area (Å²) in [5.41, 5.74) is 2.43. The Morgan fingerprint density at radius 1 is 1.29 bits per heavy atom. The standard InChI is InChI=1S/C16H18ClN3O/c1-2-14-12(16(21)19-9-5-6-10-19)11-18-20(14)15-8-4-3-7-13(15)17/h3-4,7-8,11H,2,5-6,9-10H2,1H3. The van der Waals surface area contributed by atoms with Gasteiger partial charge >= 0.3 is 0 Å². The monoisotopic (exact) mass is 303 g/mol. The maximum atomic E-state index is 12.6. The van der Waals surface area contributed by atoms with Gasteiger partial charge in [0, 0.05) is 13.1 Å². The zero-order valence-electron chi connectivity index (χ0n) is 12.1. The van der Waals surface area contributed by atoms with Crippen LogP contribution < -0.4 is 0 Å². The number of carbonyl (C=O) groups excluding carboxylic acids is 1. The molecule has 0 aliphatic carbocycles. The van der Waals surface area contributed by atoms with Crippen LogP contribution in [0.25, 0.3) is 5.69 Å². The lowest BCUT2D eigenvalue weighted by molar-refractivity contribution is 0.0791. The van der Waals surface area contributed by atoms with Gasteiger partial charge in [-0.1, -0.05) is 30.7 Å². The number of likely N-dealkylation sites (tertiary alicyclic amines) is 1. The highest BCUT2D eigenvalue weighted by Crippen LogP contribution is 2.24. The van der Waals surface area contributed by atoms with Crippen molar-refractivity contribution in [3.05, 3.63) is 46.7 Å². The minimum Gasteiger partial charge on any atom is -0.339 e. The molecule has 1 aromatic carbocycles. The highest BCUT2D eigenvalue weighted by molar-refractivity contribution is 6.32. The van der Waals surface area contributed by atoms with Crippen molar-refractivity contribution in [2.75, 3.05) is 13.1 Å². The second-order valence-corrected chi connectivity index (χ2v) is 5.63. The molecule has 21 heavy (non-hydrogen) atoms. The van der Waals surface area contributed by atoms with Crippen LogP contribution in [0.3, 0.4) is 0 Å². The van der Waals surface area contributed by atoms with E-state index in [1.165, 1.54) is 0 Å². The molecule has 4 nitrogen and oxygen atoms in total. The highest BCUT2D eigenvalue weighted by Gasteiger charge is 2.24. The maximum Gasteiger partial charge on any atom is 0.257 e. The van der Waals surface area contributed by atoms with E-state index in [2.05, 4.69) is 5.10 Å². The molecule has 5 heteroatoms. The molecule has 0 unspecified atom stereocenters. The predicted octanol–water partition coefficient (Wildman–Crippen LogP) is 3.32. The van der Waals surface area contributed by atoms with Crippen LogP contribution in [0.2, 0.25) is 5.02 Å². The summed E-state index contributed by atoms with van der Waals surface area (Å²) >= 11 is 6.25. The van der Waals surface area contributed by atoms with E-state index >= 15 is 0 Å². The number of hydrogen-bond acceptors (Lipinski definition) is 2. The number of aromatic nitrogens is 2. The van der Waals surface area contributed by atoms with Gasteiger partial charge in [-0.3, -0.25) is 4.79 Å². The maximum absolute atomic E-state index is 12.6. The van der Waals surface area contributed by atoms with Gasteiger partial charge in [-0.2, -0.15) is 5.10 Å². The van der Waals surface area contributed by atoms with Crippen LogP contribution in [0.1, 0.15) is 35.8 Å². The molecule has 0 atom stereocenters. The Kier molecular flexibility index (Phi) is 3.97. The van der Waals surface area contributed by atoms with Gasteiger partial charge in [0.1, 0.15) is 0 Å². The van der Waals surface area contributed by atoms with Gasteiger partial charge in [0.05, 0.1) is 28.2 Å². The molecule has 3 rings (SSSR count). The van der Waals surface area contributed by atoms with Crippen molar-refractivity contribution in [3.63, 3.8) is 0 Å². The molecule has 1 fully saturated rings. The molecule has 0 bridgehead atoms. The van der Waals surface area contributed by atoms with Gasteiger partial charge in [0.2, 0.25) is 0 Å². The van der Waals surface area contributed by atoms with Crippen molar-refractivity contribution in [2.45, 2.75) is 26.2 Å². The van der Waals surface area contributed by atoms with Crippen molar-refractivity contribution in [1.29, 1.82) is 0 Å². The molecule has 2 aromatic rings. The topological polar surface area (TPSA) is 38.1 Å². The average molecular weight is 304 g/mol. The summed E-state index contributed by atoms with van der Waals surface area (Å²) in [6, 6.07) is 7.56. The predicted molar refractivity (Wildman–Crippen MR) is 83.1 cm³/mol. The van der Waals surface area contributed by atoms with E-state index in [4.69, 9.17) is 11.6 Å². The van der Waals surface area contributed by atoms with Gasteiger partial charge in [-0.25, -0.2) is 4.68 Å². The molecule has 0 saturated carbocycles. The minimum atomic E-state index is 0.0858. The average Bonchev–Trinajstić information content (AvgIpc) is 3.16. The van der Waals surface area contributed by atoms with Crippen LogP contribution in [0.5, 0.6) is 0 Å². The largest absolute Gasteiger partial charge is 0.339 e. The van der Waals surface area contributed by atoms with Gasteiger partial charge in [0.25, 0.3) is 5.91 Å². The molecule has 110 valence electrons. The van der Waals surface area contributed by atoms with Crippen molar-refractivity contribution in [2.24, 2.45) is 0 Å². The third-order valence-electron chi connectivity index (χ3n) is 3.91. The van der Waals surface area contributed by atoms with E-state index in [0.717, 1.165) is 43.7 Å². The number of amides is 1. The van der Waals surface area contributed by atoms with Gasteiger partial charge in [-0.05, 0) is 31.4 Å². The first-order chi connectivity index (χ1) is 10.2. The molecule has 0 N–H and O–H groups in total. The fourth-order valence-corrected chi connectivity index (χ4v) is 3.03. The Labute approximate surface area is 129 Å². The van der Waals surface area contributed by atoms with E-state index in [1.54, 1.807) is 10.9 Å². The summed E-state index contributed by atoms with van der Waals surface area (Å²) < 4.78 is 1.78. The van der Waals surface area contributed by atoms with Crippen LogP contribution in [0.4, 0.5) is 0 Å². The van der Waals surface area contributed by atoms with Crippen molar-refractivity contribution < 1.29 is 4.79 Å². The number of para-hydroxylation sites is 1. The fraction of sp³-hybridized carbons (Fsp3) is 0.375. The van der Waals surface area contributed by atoms with E-state index in [9.17, 15) is 4.79 Å². The molecule has 2 heterocycles. The lowest BCUT2D eigenvalue weighted by Gasteiger charge is -2.15. The Morgan fingerprint density at radius 2 is 2.00 bits per heavy atom. The second-order valence-electron chi connectivity index (χ2n) is 5.22. The van der Waals surface area contributed by atoms with Crippen molar-refractivity contribution in [3.8, 4) is 5.69 Å². The van der Waals surface area contributed by atoms with Gasteiger partial charge in [0.15, 0.2) is 0 Å². The molecule has 1 aliphatic rings. The van der Waals surface area contributed by atoms with E-state index in [1.807, 2.05) is 36.1 Å². The zero-order chi connectivity index (χ0) is 14.8. The SMILES string of the molecule is CCc1c(C(=O)N2CCCC2)cnn1-c1ccccc1Cl. The highest BCUT2D eigenvalue weighted by atomic mass is 35.5. The van der Waals surface area contributed by atoms with Gasteiger partial charge < -0.3 is 4.90 Å². The Balaban J connectivity index is 2.01. The number of hydrogen-bond donors (Lipinski definition) is 0. The molecular weight excluding hydrogens is 286 g/mol. The lowest BCUT2D eigenvalue weighted by Crippen LogP contribution is -2.28. The van der Waals surface area contributed by atoms with Crippen LogP contribution in [0, 0.1) is 0 Å². The fourth-order valence-electron chi connectivity index (χ4n) is 2.81. The molecule has 1 aliphatic heterocycles. The number of nitrogens with zero attached hydrogens (tertiary/aromatic N) is 3. The van der Waals surface area contributed by atoms with E-state index in [0.29, 0.717) is 10.6 Å². The minimum absolute atomic E-state index is 0.0858. The van der Waals surface area contributed by atoms with Crippen LogP contribution in [0.15, 0.2) is 30.5 Å². The zero-order valence-corrected chi connectivity index (χ0v) is 12.8. The molecule has 0 radical (unpaired) electrons. The summed E-state index contributed by atoms with van der Waals surface area (Å²) in [7, 11) is 0. The molecule has 0 spiro atoms. The first kappa shape index (κ1) is 14.1. The van der Waals surface area contributed by atoms with Crippen LogP contribution in [-0.2, 0) is 6.42 Å².